The van der Waals surface area contributed by atoms with E-state index in [4.69, 9.17) is 4.74 Å². The summed E-state index contributed by atoms with van der Waals surface area (Å²) in [5.41, 5.74) is 1.16. The summed E-state index contributed by atoms with van der Waals surface area (Å²) in [7, 11) is 0. The second-order valence-corrected chi connectivity index (χ2v) is 5.30. The van der Waals surface area contributed by atoms with Gasteiger partial charge in [-0.15, -0.1) is 11.3 Å². The number of benzene rings is 1. The molecule has 0 amide bonds. The molecule has 2 aromatic rings. The molecule has 0 unspecified atom stereocenters. The smallest absolute Gasteiger partial charge is 0.308 e. The van der Waals surface area contributed by atoms with Crippen molar-refractivity contribution in [1.82, 2.24) is 0 Å². The van der Waals surface area contributed by atoms with Crippen LogP contribution >= 0.6 is 11.3 Å². The lowest BCUT2D eigenvalue weighted by Gasteiger charge is -2.03. The summed E-state index contributed by atoms with van der Waals surface area (Å²) in [5.74, 6) is 0.331. The van der Waals surface area contributed by atoms with Gasteiger partial charge in [0.25, 0.3) is 0 Å². The molecule has 2 nitrogen and oxygen atoms in total. The van der Waals surface area contributed by atoms with E-state index in [1.165, 1.54) is 16.7 Å². The first-order chi connectivity index (χ1) is 8.13. The lowest BCUT2D eigenvalue weighted by atomic mass is 10.1. The molecule has 0 fully saturated rings. The van der Waals surface area contributed by atoms with Crippen molar-refractivity contribution in [1.29, 1.82) is 0 Å². The SMILES string of the molecule is CC(=O)Oc1cccc(Cc2ccc(C)s2)c1. The van der Waals surface area contributed by atoms with Gasteiger partial charge in [0.2, 0.25) is 0 Å². The molecule has 2 rings (SSSR count). The molecule has 0 aliphatic carbocycles. The van der Waals surface area contributed by atoms with Crippen LogP contribution in [0.2, 0.25) is 0 Å². The minimum absolute atomic E-state index is 0.283. The third-order valence-electron chi connectivity index (χ3n) is 2.33. The molecule has 1 aromatic carbocycles. The Labute approximate surface area is 105 Å². The van der Waals surface area contributed by atoms with Crippen LogP contribution in [0.3, 0.4) is 0 Å². The highest BCUT2D eigenvalue weighted by Gasteiger charge is 2.02. The van der Waals surface area contributed by atoms with Gasteiger partial charge < -0.3 is 4.74 Å². The molecule has 0 radical (unpaired) electrons. The van der Waals surface area contributed by atoms with Gasteiger partial charge in [-0.1, -0.05) is 12.1 Å². The van der Waals surface area contributed by atoms with Gasteiger partial charge >= 0.3 is 5.97 Å². The first kappa shape index (κ1) is 11.9. The topological polar surface area (TPSA) is 26.3 Å². The maximum Gasteiger partial charge on any atom is 0.308 e. The van der Waals surface area contributed by atoms with Crippen molar-refractivity contribution in [3.05, 3.63) is 51.7 Å². The van der Waals surface area contributed by atoms with Crippen LogP contribution in [0.5, 0.6) is 5.75 Å². The van der Waals surface area contributed by atoms with Gasteiger partial charge in [-0.05, 0) is 36.8 Å². The first-order valence-corrected chi connectivity index (χ1v) is 6.28. The van der Waals surface area contributed by atoms with Crippen LogP contribution in [-0.4, -0.2) is 5.97 Å². The van der Waals surface area contributed by atoms with Crippen LogP contribution in [0, 0.1) is 6.92 Å². The third kappa shape index (κ3) is 3.43. The first-order valence-electron chi connectivity index (χ1n) is 5.46. The van der Waals surface area contributed by atoms with E-state index < -0.39 is 0 Å². The monoisotopic (exact) mass is 246 g/mol. The van der Waals surface area contributed by atoms with Gasteiger partial charge in [-0.3, -0.25) is 4.79 Å². The molecule has 0 atom stereocenters. The zero-order valence-corrected chi connectivity index (χ0v) is 10.7. The quantitative estimate of drug-likeness (QED) is 0.611. The third-order valence-corrected chi connectivity index (χ3v) is 3.34. The van der Waals surface area contributed by atoms with Crippen molar-refractivity contribution >= 4 is 17.3 Å². The van der Waals surface area contributed by atoms with E-state index in [-0.39, 0.29) is 5.97 Å². The molecule has 1 aromatic heterocycles. The Morgan fingerprint density at radius 2 is 2.12 bits per heavy atom. The molecular weight excluding hydrogens is 232 g/mol. The van der Waals surface area contributed by atoms with E-state index in [1.807, 2.05) is 18.2 Å². The van der Waals surface area contributed by atoms with E-state index in [1.54, 1.807) is 17.4 Å². The Bertz CT molecular complexity index is 529. The average Bonchev–Trinajstić information content (AvgIpc) is 2.63. The summed E-state index contributed by atoms with van der Waals surface area (Å²) in [6.45, 7) is 3.51. The number of carbonyl (C=O) groups excluding carboxylic acids is 1. The van der Waals surface area contributed by atoms with Gasteiger partial charge in [0.15, 0.2) is 0 Å². The summed E-state index contributed by atoms with van der Waals surface area (Å²) in [4.78, 5) is 13.5. The Morgan fingerprint density at radius 1 is 1.29 bits per heavy atom. The summed E-state index contributed by atoms with van der Waals surface area (Å²) in [6, 6.07) is 11.9. The fourth-order valence-corrected chi connectivity index (χ4v) is 2.59. The highest BCUT2D eigenvalue weighted by molar-refractivity contribution is 7.11. The Balaban J connectivity index is 2.13. The van der Waals surface area contributed by atoms with Crippen molar-refractivity contribution in [2.45, 2.75) is 20.3 Å². The van der Waals surface area contributed by atoms with Crippen LogP contribution in [0.15, 0.2) is 36.4 Å². The normalized spacial score (nSPS) is 10.2. The molecule has 0 aliphatic rings. The molecule has 0 bridgehead atoms. The number of hydrogen-bond donors (Lipinski definition) is 0. The molecule has 0 spiro atoms. The van der Waals surface area contributed by atoms with Gasteiger partial charge in [0.1, 0.15) is 5.75 Å². The molecule has 3 heteroatoms. The minimum atomic E-state index is -0.283. The maximum atomic E-state index is 10.9. The Hall–Kier alpha value is -1.61. The number of aryl methyl sites for hydroxylation is 1. The molecular formula is C14H14O2S. The van der Waals surface area contributed by atoms with Gasteiger partial charge in [-0.25, -0.2) is 0 Å². The average molecular weight is 246 g/mol. The van der Waals surface area contributed by atoms with Crippen LogP contribution < -0.4 is 4.74 Å². The summed E-state index contributed by atoms with van der Waals surface area (Å²) >= 11 is 1.79. The fraction of sp³-hybridized carbons (Fsp3) is 0.214. The molecule has 1 heterocycles. The molecule has 17 heavy (non-hydrogen) atoms. The van der Waals surface area contributed by atoms with Crippen molar-refractivity contribution in [3.8, 4) is 5.75 Å². The lowest BCUT2D eigenvalue weighted by molar-refractivity contribution is -0.131. The van der Waals surface area contributed by atoms with Crippen LogP contribution in [0.1, 0.15) is 22.2 Å². The summed E-state index contributed by atoms with van der Waals surface area (Å²) in [6.07, 6.45) is 0.883. The van der Waals surface area contributed by atoms with Crippen LogP contribution in [0.4, 0.5) is 0 Å². The molecule has 0 saturated heterocycles. The maximum absolute atomic E-state index is 10.9. The lowest BCUT2D eigenvalue weighted by Crippen LogP contribution is -2.01. The fourth-order valence-electron chi connectivity index (χ4n) is 1.67. The second-order valence-electron chi connectivity index (χ2n) is 3.93. The van der Waals surface area contributed by atoms with Gasteiger partial charge in [0.05, 0.1) is 0 Å². The molecule has 88 valence electrons. The Kier molecular flexibility index (Phi) is 3.59. The Morgan fingerprint density at radius 3 is 2.76 bits per heavy atom. The summed E-state index contributed by atoms with van der Waals surface area (Å²) < 4.78 is 5.06. The van der Waals surface area contributed by atoms with Crippen molar-refractivity contribution < 1.29 is 9.53 Å². The second kappa shape index (κ2) is 5.15. The van der Waals surface area contributed by atoms with Gasteiger partial charge in [0, 0.05) is 23.1 Å². The van der Waals surface area contributed by atoms with Crippen molar-refractivity contribution in [2.24, 2.45) is 0 Å². The van der Waals surface area contributed by atoms with Crippen LogP contribution in [0.25, 0.3) is 0 Å². The number of hydrogen-bond acceptors (Lipinski definition) is 3. The molecule has 0 saturated carbocycles. The molecule has 0 N–H and O–H groups in total. The van der Waals surface area contributed by atoms with E-state index in [0.29, 0.717) is 5.75 Å². The number of esters is 1. The van der Waals surface area contributed by atoms with E-state index in [9.17, 15) is 4.79 Å². The van der Waals surface area contributed by atoms with E-state index >= 15 is 0 Å². The molecule has 0 aliphatic heterocycles. The number of thiophene rings is 1. The van der Waals surface area contributed by atoms with Crippen molar-refractivity contribution in [3.63, 3.8) is 0 Å². The summed E-state index contributed by atoms with van der Waals surface area (Å²) in [5, 5.41) is 0. The highest BCUT2D eigenvalue weighted by Crippen LogP contribution is 2.21. The largest absolute Gasteiger partial charge is 0.427 e. The van der Waals surface area contributed by atoms with E-state index in [2.05, 4.69) is 19.1 Å². The van der Waals surface area contributed by atoms with Gasteiger partial charge in [-0.2, -0.15) is 0 Å². The number of ether oxygens (including phenoxy) is 1. The van der Waals surface area contributed by atoms with E-state index in [0.717, 1.165) is 12.0 Å². The highest BCUT2D eigenvalue weighted by atomic mass is 32.1. The zero-order valence-electron chi connectivity index (χ0n) is 9.90. The number of rotatable bonds is 3. The number of carbonyl (C=O) groups is 1. The minimum Gasteiger partial charge on any atom is -0.427 e. The predicted molar refractivity (Wildman–Crippen MR) is 69.6 cm³/mol. The van der Waals surface area contributed by atoms with Crippen molar-refractivity contribution in [2.75, 3.05) is 0 Å². The zero-order chi connectivity index (χ0) is 12.3. The predicted octanol–water partition coefficient (Wildman–Crippen LogP) is 3.57. The van der Waals surface area contributed by atoms with Crippen LogP contribution in [-0.2, 0) is 11.2 Å². The standard InChI is InChI=1S/C14H14O2S/c1-10-6-7-14(17-10)9-12-4-3-5-13(8-12)16-11(2)15/h3-8H,9H2,1-2H3.